The van der Waals surface area contributed by atoms with Crippen LogP contribution in [0, 0.1) is 0 Å². The van der Waals surface area contributed by atoms with Crippen LogP contribution in [-0.4, -0.2) is 30.7 Å². The van der Waals surface area contributed by atoms with Crippen molar-refractivity contribution in [2.24, 2.45) is 0 Å². The maximum Gasteiger partial charge on any atom is 0.461 e. The number of carbonyl (C=O) groups is 1. The smallest absolute Gasteiger partial charge is 0.461 e. The van der Waals surface area contributed by atoms with Crippen molar-refractivity contribution in [3.63, 3.8) is 0 Å². The van der Waals surface area contributed by atoms with Crippen LogP contribution in [0.3, 0.4) is 0 Å². The molecule has 0 fully saturated rings. The van der Waals surface area contributed by atoms with E-state index in [1.54, 1.807) is 24.3 Å². The monoisotopic (exact) mass is 482 g/mol. The average molecular weight is 483 g/mol. The molecule has 2 aromatic carbocycles. The third-order valence-corrected chi connectivity index (χ3v) is 4.58. The predicted octanol–water partition coefficient (Wildman–Crippen LogP) is 6.27. The molecule has 0 aliphatic rings. The molecular formula is C20H16Cl2F4O5. The Morgan fingerprint density at radius 1 is 1.16 bits per heavy atom. The molecule has 5 nitrogen and oxygen atoms in total. The molecule has 2 aromatic rings. The number of benzene rings is 2. The van der Waals surface area contributed by atoms with E-state index in [2.05, 4.69) is 4.74 Å². The first-order valence-electron chi connectivity index (χ1n) is 8.51. The molecule has 0 atom stereocenters. The Labute approximate surface area is 184 Å². The molecular weight excluding hydrogens is 467 g/mol. The van der Waals surface area contributed by atoms with Gasteiger partial charge in [0.15, 0.2) is 5.75 Å². The van der Waals surface area contributed by atoms with Crippen LogP contribution in [0.4, 0.5) is 17.6 Å². The second-order valence-electron chi connectivity index (χ2n) is 6.07. The van der Waals surface area contributed by atoms with E-state index in [0.717, 1.165) is 12.1 Å². The van der Waals surface area contributed by atoms with E-state index in [0.29, 0.717) is 11.1 Å². The van der Waals surface area contributed by atoms with Gasteiger partial charge in [-0.1, -0.05) is 47.5 Å². The van der Waals surface area contributed by atoms with E-state index in [1.807, 2.05) is 0 Å². The zero-order valence-electron chi connectivity index (χ0n) is 16.1. The normalized spacial score (nSPS) is 12.4. The summed E-state index contributed by atoms with van der Waals surface area (Å²) in [7, 11) is 1.34. The first-order chi connectivity index (χ1) is 14.5. The number of allylic oxidation sites excluding steroid dienone is 1. The van der Waals surface area contributed by atoms with E-state index in [1.165, 1.54) is 14.0 Å². The highest BCUT2D eigenvalue weighted by Crippen LogP contribution is 2.41. The third-order valence-electron chi connectivity index (χ3n) is 4.02. The SMILES string of the molecule is COC(C)=C(C(=O)O)c1ccccc1COc1cc(Cl)c(OC(F)(F)C(F)F)c(Cl)c1. The second kappa shape index (κ2) is 10.1. The molecule has 31 heavy (non-hydrogen) atoms. The molecule has 0 heterocycles. The van der Waals surface area contributed by atoms with Crippen molar-refractivity contribution >= 4 is 34.7 Å². The van der Waals surface area contributed by atoms with Crippen molar-refractivity contribution in [3.05, 3.63) is 63.3 Å². The maximum atomic E-state index is 13.2. The van der Waals surface area contributed by atoms with Gasteiger partial charge in [0, 0.05) is 12.1 Å². The number of ether oxygens (including phenoxy) is 3. The van der Waals surface area contributed by atoms with Crippen molar-refractivity contribution < 1.29 is 41.7 Å². The second-order valence-corrected chi connectivity index (χ2v) is 6.88. The summed E-state index contributed by atoms with van der Waals surface area (Å²) in [5.41, 5.74) is 0.729. The molecule has 168 valence electrons. The highest BCUT2D eigenvalue weighted by Gasteiger charge is 2.45. The van der Waals surface area contributed by atoms with Gasteiger partial charge in [0.1, 0.15) is 23.7 Å². The molecule has 0 radical (unpaired) electrons. The van der Waals surface area contributed by atoms with Crippen molar-refractivity contribution in [1.82, 2.24) is 0 Å². The lowest BCUT2D eigenvalue weighted by molar-refractivity contribution is -0.253. The summed E-state index contributed by atoms with van der Waals surface area (Å²) in [6, 6.07) is 8.59. The van der Waals surface area contributed by atoms with E-state index < -0.39 is 34.3 Å². The highest BCUT2D eigenvalue weighted by molar-refractivity contribution is 6.37. The van der Waals surface area contributed by atoms with Gasteiger partial charge in [-0.05, 0) is 18.1 Å². The lowest BCUT2D eigenvalue weighted by Gasteiger charge is -2.19. The van der Waals surface area contributed by atoms with Crippen LogP contribution < -0.4 is 9.47 Å². The molecule has 0 amide bonds. The maximum absolute atomic E-state index is 13.2. The van der Waals surface area contributed by atoms with Crippen LogP contribution in [0.5, 0.6) is 11.5 Å². The van der Waals surface area contributed by atoms with Gasteiger partial charge in [-0.2, -0.15) is 17.6 Å². The van der Waals surface area contributed by atoms with Gasteiger partial charge >= 0.3 is 18.5 Å². The number of methoxy groups -OCH3 is 1. The molecule has 1 N–H and O–H groups in total. The van der Waals surface area contributed by atoms with E-state index >= 15 is 0 Å². The van der Waals surface area contributed by atoms with Gasteiger partial charge < -0.3 is 19.3 Å². The minimum absolute atomic E-state index is 0.0156. The third kappa shape index (κ3) is 5.95. The highest BCUT2D eigenvalue weighted by atomic mass is 35.5. The number of carboxylic acids is 1. The molecule has 0 saturated carbocycles. The molecule has 0 bridgehead atoms. The minimum Gasteiger partial charge on any atom is -0.500 e. The quantitative estimate of drug-likeness (QED) is 0.259. The topological polar surface area (TPSA) is 65.0 Å². The summed E-state index contributed by atoms with van der Waals surface area (Å²) in [6.45, 7) is 1.35. The summed E-state index contributed by atoms with van der Waals surface area (Å²) in [5, 5.41) is 8.58. The lowest BCUT2D eigenvalue weighted by atomic mass is 9.99. The number of aliphatic carboxylic acids is 1. The zero-order chi connectivity index (χ0) is 23.3. The Bertz CT molecular complexity index is 972. The molecule has 2 rings (SSSR count). The van der Waals surface area contributed by atoms with Gasteiger partial charge in [0.25, 0.3) is 0 Å². The fourth-order valence-electron chi connectivity index (χ4n) is 2.51. The molecule has 0 saturated heterocycles. The standard InChI is InChI=1S/C20H16Cl2F4O5/c1-10(29-2)16(18(27)28)13-6-4-3-5-11(13)9-30-12-7-14(21)17(15(22)8-12)31-20(25,26)19(23)24/h3-8,19H,9H2,1-2H3,(H,27,28). The minimum atomic E-state index is -4.78. The molecule has 0 aromatic heterocycles. The molecule has 0 aliphatic carbocycles. The van der Waals surface area contributed by atoms with Crippen LogP contribution in [0.2, 0.25) is 10.0 Å². The fraction of sp³-hybridized carbons (Fsp3) is 0.250. The Balaban J connectivity index is 2.30. The first kappa shape index (κ1) is 24.6. The van der Waals surface area contributed by atoms with Crippen LogP contribution in [-0.2, 0) is 16.1 Å². The van der Waals surface area contributed by atoms with Gasteiger partial charge in [-0.3, -0.25) is 0 Å². The molecule has 0 aliphatic heterocycles. The molecule has 11 heteroatoms. The molecule has 0 spiro atoms. The Morgan fingerprint density at radius 3 is 2.26 bits per heavy atom. The van der Waals surface area contributed by atoms with Crippen LogP contribution in [0.1, 0.15) is 18.1 Å². The van der Waals surface area contributed by atoms with Gasteiger partial charge in [0.05, 0.1) is 17.2 Å². The van der Waals surface area contributed by atoms with E-state index in [4.69, 9.17) is 32.7 Å². The van der Waals surface area contributed by atoms with Crippen molar-refractivity contribution in [1.29, 1.82) is 0 Å². The number of hydrogen-bond donors (Lipinski definition) is 1. The molecule has 0 unspecified atom stereocenters. The lowest BCUT2D eigenvalue weighted by Crippen LogP contribution is -2.33. The van der Waals surface area contributed by atoms with Crippen LogP contribution in [0.15, 0.2) is 42.2 Å². The average Bonchev–Trinajstić information content (AvgIpc) is 2.69. The van der Waals surface area contributed by atoms with Crippen molar-refractivity contribution in [2.45, 2.75) is 26.1 Å². The predicted molar refractivity (Wildman–Crippen MR) is 106 cm³/mol. The summed E-state index contributed by atoms with van der Waals surface area (Å²) >= 11 is 11.7. The summed E-state index contributed by atoms with van der Waals surface area (Å²) in [6.07, 6.45) is -8.87. The zero-order valence-corrected chi connectivity index (χ0v) is 17.6. The Morgan fingerprint density at radius 2 is 1.74 bits per heavy atom. The summed E-state index contributed by atoms with van der Waals surface area (Å²) < 4.78 is 65.6. The summed E-state index contributed by atoms with van der Waals surface area (Å²) in [5.74, 6) is -1.85. The largest absolute Gasteiger partial charge is 0.500 e. The van der Waals surface area contributed by atoms with E-state index in [9.17, 15) is 27.5 Å². The van der Waals surface area contributed by atoms with Gasteiger partial charge in [-0.25, -0.2) is 4.79 Å². The van der Waals surface area contributed by atoms with Gasteiger partial charge in [-0.15, -0.1) is 0 Å². The number of carboxylic acid groups (broad SMARTS) is 1. The van der Waals surface area contributed by atoms with Crippen LogP contribution >= 0.6 is 23.2 Å². The first-order valence-corrected chi connectivity index (χ1v) is 9.26. The fourth-order valence-corrected chi connectivity index (χ4v) is 3.05. The van der Waals surface area contributed by atoms with Crippen molar-refractivity contribution in [2.75, 3.05) is 7.11 Å². The van der Waals surface area contributed by atoms with Gasteiger partial charge in [0.2, 0.25) is 0 Å². The summed E-state index contributed by atoms with van der Waals surface area (Å²) in [4.78, 5) is 11.7. The number of rotatable bonds is 9. The number of hydrogen-bond acceptors (Lipinski definition) is 4. The number of halogens is 6. The Kier molecular flexibility index (Phi) is 8.02. The van der Waals surface area contributed by atoms with Crippen LogP contribution in [0.25, 0.3) is 5.57 Å². The Hall–Kier alpha value is -2.65. The van der Waals surface area contributed by atoms with E-state index in [-0.39, 0.29) is 23.7 Å². The number of alkyl halides is 4. The van der Waals surface area contributed by atoms with Crippen molar-refractivity contribution in [3.8, 4) is 11.5 Å².